The van der Waals surface area contributed by atoms with Crippen molar-refractivity contribution in [3.63, 3.8) is 0 Å². The van der Waals surface area contributed by atoms with Crippen LogP contribution in [0.5, 0.6) is 5.75 Å². The van der Waals surface area contributed by atoms with E-state index >= 15 is 0 Å². The van der Waals surface area contributed by atoms with Gasteiger partial charge in [-0.05, 0) is 19.0 Å². The number of carbonyl (C=O) groups is 1. The summed E-state index contributed by atoms with van der Waals surface area (Å²) in [7, 11) is 0. The zero-order chi connectivity index (χ0) is 13.4. The molecule has 0 bridgehead atoms. The number of nitrogens with one attached hydrogen (secondary N) is 1. The van der Waals surface area contributed by atoms with Gasteiger partial charge in [0.1, 0.15) is 5.75 Å². The smallest absolute Gasteiger partial charge is 0.387 e. The highest BCUT2D eigenvalue weighted by atomic mass is 19.3. The van der Waals surface area contributed by atoms with Gasteiger partial charge in [0.05, 0.1) is 0 Å². The number of alkyl halides is 2. The largest absolute Gasteiger partial charge is 0.434 e. The van der Waals surface area contributed by atoms with Crippen LogP contribution in [0.4, 0.5) is 8.78 Å². The standard InChI is InChI=1S/C12H16F2N2O2/c13-12(14)18-10-5-2-1-4-9(10)8-16-7-3-6-11(15)17/h1-2,4-5,12,16H,3,6-8H2,(H2,15,17). The van der Waals surface area contributed by atoms with E-state index in [1.54, 1.807) is 18.2 Å². The van der Waals surface area contributed by atoms with E-state index in [-0.39, 0.29) is 11.7 Å². The Bertz CT molecular complexity index is 386. The van der Waals surface area contributed by atoms with Crippen molar-refractivity contribution >= 4 is 5.91 Å². The Hall–Kier alpha value is -1.69. The molecule has 18 heavy (non-hydrogen) atoms. The van der Waals surface area contributed by atoms with Crippen LogP contribution in [0.25, 0.3) is 0 Å². The van der Waals surface area contributed by atoms with Gasteiger partial charge in [-0.3, -0.25) is 4.79 Å². The fourth-order valence-electron chi connectivity index (χ4n) is 1.47. The second-order valence-corrected chi connectivity index (χ2v) is 3.73. The zero-order valence-corrected chi connectivity index (χ0v) is 9.86. The molecule has 0 spiro atoms. The fourth-order valence-corrected chi connectivity index (χ4v) is 1.47. The van der Waals surface area contributed by atoms with E-state index in [2.05, 4.69) is 10.1 Å². The number of primary amides is 1. The molecule has 1 amide bonds. The van der Waals surface area contributed by atoms with Gasteiger partial charge in [-0.15, -0.1) is 0 Å². The zero-order valence-electron chi connectivity index (χ0n) is 9.86. The first kappa shape index (κ1) is 14.4. The number of carbonyl (C=O) groups excluding carboxylic acids is 1. The summed E-state index contributed by atoms with van der Waals surface area (Å²) in [6.45, 7) is -1.84. The summed E-state index contributed by atoms with van der Waals surface area (Å²) in [6, 6.07) is 6.58. The van der Waals surface area contributed by atoms with E-state index < -0.39 is 6.61 Å². The molecule has 4 nitrogen and oxygen atoms in total. The number of hydrogen-bond acceptors (Lipinski definition) is 3. The third-order valence-electron chi connectivity index (χ3n) is 2.28. The number of halogens is 2. The minimum atomic E-state index is -2.83. The second-order valence-electron chi connectivity index (χ2n) is 3.73. The van der Waals surface area contributed by atoms with Crippen LogP contribution in [0, 0.1) is 0 Å². The summed E-state index contributed by atoms with van der Waals surface area (Å²) in [5.41, 5.74) is 5.64. The summed E-state index contributed by atoms with van der Waals surface area (Å²) in [5, 5.41) is 3.04. The van der Waals surface area contributed by atoms with Crippen LogP contribution in [0.15, 0.2) is 24.3 Å². The molecule has 0 aliphatic rings. The van der Waals surface area contributed by atoms with Crippen LogP contribution < -0.4 is 15.8 Å². The van der Waals surface area contributed by atoms with Gasteiger partial charge in [-0.1, -0.05) is 18.2 Å². The highest BCUT2D eigenvalue weighted by molar-refractivity contribution is 5.73. The van der Waals surface area contributed by atoms with Crippen LogP contribution in [0.3, 0.4) is 0 Å². The monoisotopic (exact) mass is 258 g/mol. The quantitative estimate of drug-likeness (QED) is 0.697. The highest BCUT2D eigenvalue weighted by Crippen LogP contribution is 2.19. The molecule has 100 valence electrons. The molecule has 0 aliphatic carbocycles. The molecule has 0 fully saturated rings. The number of ether oxygens (including phenoxy) is 1. The molecule has 0 saturated carbocycles. The van der Waals surface area contributed by atoms with Gasteiger partial charge in [0.2, 0.25) is 5.91 Å². The lowest BCUT2D eigenvalue weighted by molar-refractivity contribution is -0.118. The molecule has 0 unspecified atom stereocenters. The molecule has 3 N–H and O–H groups in total. The van der Waals surface area contributed by atoms with Crippen LogP contribution in [0.2, 0.25) is 0 Å². The van der Waals surface area contributed by atoms with Crippen molar-refractivity contribution in [2.75, 3.05) is 6.54 Å². The Morgan fingerprint density at radius 3 is 2.78 bits per heavy atom. The summed E-state index contributed by atoms with van der Waals surface area (Å²) in [5.74, 6) is -0.187. The Labute approximate surface area is 104 Å². The molecule has 6 heteroatoms. The Morgan fingerprint density at radius 2 is 2.11 bits per heavy atom. The first-order chi connectivity index (χ1) is 8.59. The number of amides is 1. The molecule has 0 heterocycles. The van der Waals surface area contributed by atoms with Gasteiger partial charge in [-0.2, -0.15) is 8.78 Å². The van der Waals surface area contributed by atoms with E-state index in [0.717, 1.165) is 0 Å². The van der Waals surface area contributed by atoms with Gasteiger partial charge in [-0.25, -0.2) is 0 Å². The predicted molar refractivity (Wildman–Crippen MR) is 63.2 cm³/mol. The maximum absolute atomic E-state index is 12.1. The predicted octanol–water partition coefficient (Wildman–Crippen LogP) is 1.64. The number of hydrogen-bond donors (Lipinski definition) is 2. The lowest BCUT2D eigenvalue weighted by Gasteiger charge is -2.11. The van der Waals surface area contributed by atoms with Crippen molar-refractivity contribution in [2.24, 2.45) is 5.73 Å². The van der Waals surface area contributed by atoms with Crippen molar-refractivity contribution < 1.29 is 18.3 Å². The molecule has 0 radical (unpaired) electrons. The maximum Gasteiger partial charge on any atom is 0.387 e. The van der Waals surface area contributed by atoms with Crippen molar-refractivity contribution in [1.82, 2.24) is 5.32 Å². The van der Waals surface area contributed by atoms with Gasteiger partial charge < -0.3 is 15.8 Å². The van der Waals surface area contributed by atoms with E-state index in [9.17, 15) is 13.6 Å². The topological polar surface area (TPSA) is 64.4 Å². The average Bonchev–Trinajstić information content (AvgIpc) is 2.29. The minimum absolute atomic E-state index is 0.162. The lowest BCUT2D eigenvalue weighted by atomic mass is 10.2. The van der Waals surface area contributed by atoms with Crippen LogP contribution >= 0.6 is 0 Å². The number of para-hydroxylation sites is 1. The molecule has 0 aliphatic heterocycles. The average molecular weight is 258 g/mol. The molecule has 1 aromatic carbocycles. The third-order valence-corrected chi connectivity index (χ3v) is 2.28. The molecule has 0 aromatic heterocycles. The number of benzene rings is 1. The molecule has 0 atom stereocenters. The molecular weight excluding hydrogens is 242 g/mol. The van der Waals surface area contributed by atoms with E-state index in [4.69, 9.17) is 5.73 Å². The minimum Gasteiger partial charge on any atom is -0.434 e. The lowest BCUT2D eigenvalue weighted by Crippen LogP contribution is -2.18. The van der Waals surface area contributed by atoms with Crippen molar-refractivity contribution in [1.29, 1.82) is 0 Å². The van der Waals surface area contributed by atoms with Crippen molar-refractivity contribution in [2.45, 2.75) is 26.0 Å². The Kier molecular flexibility index (Phi) is 6.07. The summed E-state index contributed by atoms with van der Waals surface area (Å²) in [4.78, 5) is 10.5. The maximum atomic E-state index is 12.1. The van der Waals surface area contributed by atoms with E-state index in [0.29, 0.717) is 31.5 Å². The third kappa shape index (κ3) is 5.58. The molecular formula is C12H16F2N2O2. The van der Waals surface area contributed by atoms with Gasteiger partial charge in [0, 0.05) is 18.5 Å². The first-order valence-electron chi connectivity index (χ1n) is 5.61. The number of nitrogens with two attached hydrogens (primary N) is 1. The van der Waals surface area contributed by atoms with Gasteiger partial charge >= 0.3 is 6.61 Å². The second kappa shape index (κ2) is 7.60. The molecule has 0 saturated heterocycles. The summed E-state index contributed by atoms with van der Waals surface area (Å²) < 4.78 is 28.7. The van der Waals surface area contributed by atoms with Crippen molar-refractivity contribution in [3.05, 3.63) is 29.8 Å². The van der Waals surface area contributed by atoms with Crippen molar-refractivity contribution in [3.8, 4) is 5.75 Å². The summed E-state index contributed by atoms with van der Waals surface area (Å²) in [6.07, 6.45) is 0.926. The van der Waals surface area contributed by atoms with E-state index in [1.807, 2.05) is 0 Å². The Morgan fingerprint density at radius 1 is 1.39 bits per heavy atom. The first-order valence-corrected chi connectivity index (χ1v) is 5.61. The highest BCUT2D eigenvalue weighted by Gasteiger charge is 2.08. The van der Waals surface area contributed by atoms with Gasteiger partial charge in [0.25, 0.3) is 0 Å². The van der Waals surface area contributed by atoms with Crippen LogP contribution in [-0.2, 0) is 11.3 Å². The molecule has 1 rings (SSSR count). The summed E-state index contributed by atoms with van der Waals surface area (Å²) >= 11 is 0. The number of rotatable bonds is 8. The van der Waals surface area contributed by atoms with Gasteiger partial charge in [0.15, 0.2) is 0 Å². The van der Waals surface area contributed by atoms with Crippen LogP contribution in [0.1, 0.15) is 18.4 Å². The van der Waals surface area contributed by atoms with Crippen LogP contribution in [-0.4, -0.2) is 19.1 Å². The normalized spacial score (nSPS) is 10.6. The van der Waals surface area contributed by atoms with E-state index in [1.165, 1.54) is 6.07 Å². The Balaban J connectivity index is 2.39. The molecule has 1 aromatic rings. The SMILES string of the molecule is NC(=O)CCCNCc1ccccc1OC(F)F. The fraction of sp³-hybridized carbons (Fsp3) is 0.417.